The van der Waals surface area contributed by atoms with Gasteiger partial charge in [-0.15, -0.1) is 0 Å². The zero-order chi connectivity index (χ0) is 15.9. The lowest BCUT2D eigenvalue weighted by atomic mass is 10.2. The van der Waals surface area contributed by atoms with Crippen molar-refractivity contribution in [2.75, 3.05) is 12.5 Å². The van der Waals surface area contributed by atoms with Crippen molar-refractivity contribution in [3.8, 4) is 11.5 Å². The Labute approximate surface area is 127 Å². The fraction of sp³-hybridized carbons (Fsp3) is 0.188. The molecule has 0 radical (unpaired) electrons. The molecule has 2 rings (SSSR count). The van der Waals surface area contributed by atoms with E-state index in [4.69, 9.17) is 4.74 Å². The van der Waals surface area contributed by atoms with Crippen molar-refractivity contribution < 1.29 is 18.3 Å². The molecule has 0 amide bonds. The second-order valence-electron chi connectivity index (χ2n) is 4.53. The molecule has 2 aromatic carbocycles. The summed E-state index contributed by atoms with van der Waals surface area (Å²) in [5, 5.41) is 4.07. The number of hydrogen-bond acceptors (Lipinski definition) is 4. The first-order chi connectivity index (χ1) is 10.6. The molecule has 0 aliphatic carbocycles. The summed E-state index contributed by atoms with van der Waals surface area (Å²) in [6.07, 6.45) is 1.51. The van der Waals surface area contributed by atoms with Crippen molar-refractivity contribution in [3.63, 3.8) is 0 Å². The van der Waals surface area contributed by atoms with Gasteiger partial charge in [-0.25, -0.2) is 0 Å². The predicted molar refractivity (Wildman–Crippen MR) is 82.0 cm³/mol. The van der Waals surface area contributed by atoms with Gasteiger partial charge >= 0.3 is 6.61 Å². The summed E-state index contributed by atoms with van der Waals surface area (Å²) < 4.78 is 34.1. The van der Waals surface area contributed by atoms with Crippen LogP contribution in [0, 0.1) is 6.92 Å². The summed E-state index contributed by atoms with van der Waals surface area (Å²) in [6.45, 7) is -0.932. The van der Waals surface area contributed by atoms with Crippen LogP contribution >= 0.6 is 0 Å². The highest BCUT2D eigenvalue weighted by atomic mass is 19.3. The maximum absolute atomic E-state index is 12.4. The number of nitrogens with zero attached hydrogens (tertiary/aromatic N) is 1. The monoisotopic (exact) mass is 306 g/mol. The van der Waals surface area contributed by atoms with Gasteiger partial charge in [-0.2, -0.15) is 13.9 Å². The lowest BCUT2D eigenvalue weighted by molar-refractivity contribution is -0.0512. The minimum atomic E-state index is -2.91. The molecule has 0 aromatic heterocycles. The lowest BCUT2D eigenvalue weighted by Gasteiger charge is -2.10. The van der Waals surface area contributed by atoms with Crippen LogP contribution < -0.4 is 14.9 Å². The van der Waals surface area contributed by atoms with Gasteiger partial charge in [-0.1, -0.05) is 12.1 Å². The van der Waals surface area contributed by atoms with Gasteiger partial charge in [0.15, 0.2) is 11.5 Å². The molecule has 1 N–H and O–H groups in total. The van der Waals surface area contributed by atoms with E-state index in [1.165, 1.54) is 19.4 Å². The first-order valence-corrected chi connectivity index (χ1v) is 6.57. The zero-order valence-corrected chi connectivity index (χ0v) is 12.2. The summed E-state index contributed by atoms with van der Waals surface area (Å²) in [5.74, 6) is 0.209. The van der Waals surface area contributed by atoms with Crippen LogP contribution in [0.25, 0.3) is 0 Å². The summed E-state index contributed by atoms with van der Waals surface area (Å²) in [4.78, 5) is 0. The molecule has 4 nitrogen and oxygen atoms in total. The van der Waals surface area contributed by atoms with Gasteiger partial charge in [0.2, 0.25) is 0 Å². The highest BCUT2D eigenvalue weighted by Gasteiger charge is 2.10. The van der Waals surface area contributed by atoms with Crippen LogP contribution in [0.3, 0.4) is 0 Å². The van der Waals surface area contributed by atoms with E-state index in [0.29, 0.717) is 5.56 Å². The largest absolute Gasteiger partial charge is 0.493 e. The molecule has 0 fully saturated rings. The number of benzene rings is 2. The number of hydrazone groups is 1. The maximum atomic E-state index is 12.4. The van der Waals surface area contributed by atoms with Crippen LogP contribution in [0.2, 0.25) is 0 Å². The van der Waals surface area contributed by atoms with Gasteiger partial charge < -0.3 is 9.47 Å². The number of nitrogens with one attached hydrogen (secondary N) is 1. The summed E-state index contributed by atoms with van der Waals surface area (Å²) in [7, 11) is 1.39. The lowest BCUT2D eigenvalue weighted by Crippen LogP contribution is -2.04. The molecule has 0 saturated heterocycles. The highest BCUT2D eigenvalue weighted by molar-refractivity contribution is 5.81. The predicted octanol–water partition coefficient (Wildman–Crippen LogP) is 4.05. The SMILES string of the molecule is COc1ccc(/C=N\Nc2cccc(C)c2)cc1OC(F)F. The van der Waals surface area contributed by atoms with Gasteiger partial charge in [-0.3, -0.25) is 5.43 Å². The van der Waals surface area contributed by atoms with Crippen LogP contribution in [0.4, 0.5) is 14.5 Å². The number of hydrogen-bond donors (Lipinski definition) is 1. The van der Waals surface area contributed by atoms with Crippen molar-refractivity contribution >= 4 is 11.9 Å². The third-order valence-corrected chi connectivity index (χ3v) is 2.83. The number of ether oxygens (including phenoxy) is 2. The molecule has 0 bridgehead atoms. The minimum absolute atomic E-state index is 0.0306. The van der Waals surface area contributed by atoms with Crippen molar-refractivity contribution in [2.45, 2.75) is 13.5 Å². The van der Waals surface area contributed by atoms with E-state index in [9.17, 15) is 8.78 Å². The molecule has 0 spiro atoms. The van der Waals surface area contributed by atoms with Crippen molar-refractivity contribution in [1.29, 1.82) is 0 Å². The molecule has 0 saturated carbocycles. The topological polar surface area (TPSA) is 42.8 Å². The van der Waals surface area contributed by atoms with Crippen LogP contribution in [0.1, 0.15) is 11.1 Å². The molecule has 0 aliphatic rings. The van der Waals surface area contributed by atoms with Crippen LogP contribution in [-0.4, -0.2) is 19.9 Å². The fourth-order valence-electron chi connectivity index (χ4n) is 1.86. The Morgan fingerprint density at radius 3 is 2.64 bits per heavy atom. The molecule has 116 valence electrons. The van der Waals surface area contributed by atoms with Gasteiger partial charge in [0, 0.05) is 0 Å². The second-order valence-corrected chi connectivity index (χ2v) is 4.53. The first kappa shape index (κ1) is 15.8. The molecule has 6 heteroatoms. The molecular weight excluding hydrogens is 290 g/mol. The van der Waals surface area contributed by atoms with Crippen molar-refractivity contribution in [2.24, 2.45) is 5.10 Å². The normalized spacial score (nSPS) is 11.0. The third kappa shape index (κ3) is 4.44. The first-order valence-electron chi connectivity index (χ1n) is 6.57. The summed E-state index contributed by atoms with van der Waals surface area (Å²) in [5.41, 5.74) is 5.43. The van der Waals surface area contributed by atoms with Crippen LogP contribution in [0.15, 0.2) is 47.6 Å². The van der Waals surface area contributed by atoms with E-state index in [2.05, 4.69) is 15.3 Å². The van der Waals surface area contributed by atoms with Gasteiger partial charge in [0.25, 0.3) is 0 Å². The third-order valence-electron chi connectivity index (χ3n) is 2.83. The highest BCUT2D eigenvalue weighted by Crippen LogP contribution is 2.28. The van der Waals surface area contributed by atoms with Gasteiger partial charge in [0.1, 0.15) is 0 Å². The minimum Gasteiger partial charge on any atom is -0.493 e. The van der Waals surface area contributed by atoms with Gasteiger partial charge in [0.05, 0.1) is 19.0 Å². The molecule has 22 heavy (non-hydrogen) atoms. The van der Waals surface area contributed by atoms with Crippen molar-refractivity contribution in [1.82, 2.24) is 0 Å². The average molecular weight is 306 g/mol. The Kier molecular flexibility index (Phi) is 5.30. The second kappa shape index (κ2) is 7.40. The number of anilines is 1. The Bertz CT molecular complexity index is 660. The maximum Gasteiger partial charge on any atom is 0.387 e. The van der Waals surface area contributed by atoms with Crippen molar-refractivity contribution in [3.05, 3.63) is 53.6 Å². The number of aryl methyl sites for hydroxylation is 1. The molecule has 0 unspecified atom stereocenters. The Morgan fingerprint density at radius 1 is 1.14 bits per heavy atom. The van der Waals surface area contributed by atoms with E-state index >= 15 is 0 Å². The van der Waals surface area contributed by atoms with E-state index in [1.807, 2.05) is 31.2 Å². The number of methoxy groups -OCH3 is 1. The number of halogens is 2. The molecular formula is C16H16F2N2O2. The van der Waals surface area contributed by atoms with Crippen LogP contribution in [0.5, 0.6) is 11.5 Å². The quantitative estimate of drug-likeness (QED) is 0.646. The molecule has 2 aromatic rings. The van der Waals surface area contributed by atoms with E-state index in [1.54, 1.807) is 12.1 Å². The van der Waals surface area contributed by atoms with E-state index in [-0.39, 0.29) is 11.5 Å². The smallest absolute Gasteiger partial charge is 0.387 e. The Hall–Kier alpha value is -2.63. The number of rotatable bonds is 6. The van der Waals surface area contributed by atoms with E-state index in [0.717, 1.165) is 11.3 Å². The average Bonchev–Trinajstić information content (AvgIpc) is 2.47. The van der Waals surface area contributed by atoms with Crippen LogP contribution in [-0.2, 0) is 0 Å². The standard InChI is InChI=1S/C16H16F2N2O2/c1-11-4-3-5-13(8-11)20-19-10-12-6-7-14(21-2)15(9-12)22-16(17)18/h3-10,16,20H,1-2H3/b19-10-. The van der Waals surface area contributed by atoms with Gasteiger partial charge in [-0.05, 0) is 48.4 Å². The molecule has 0 aliphatic heterocycles. The fourth-order valence-corrected chi connectivity index (χ4v) is 1.86. The molecule has 0 atom stereocenters. The summed E-state index contributed by atoms with van der Waals surface area (Å²) >= 11 is 0. The number of alkyl halides is 2. The zero-order valence-electron chi connectivity index (χ0n) is 12.2. The van der Waals surface area contributed by atoms with E-state index < -0.39 is 6.61 Å². The molecule has 0 heterocycles. The summed E-state index contributed by atoms with van der Waals surface area (Å²) in [6, 6.07) is 12.4. The Morgan fingerprint density at radius 2 is 1.95 bits per heavy atom. The Balaban J connectivity index is 2.10.